The molecule has 0 saturated carbocycles. The maximum absolute atomic E-state index is 5.84. The summed E-state index contributed by atoms with van der Waals surface area (Å²) in [6, 6.07) is 16.7. The van der Waals surface area contributed by atoms with Crippen LogP contribution in [0.3, 0.4) is 0 Å². The SMILES string of the molecule is Cc1ccc(CN(C)c2ccc(CN)c3ccccc23)o1. The van der Waals surface area contributed by atoms with Crippen molar-refractivity contribution in [2.45, 2.75) is 20.0 Å². The number of aryl methyl sites for hydroxylation is 1. The minimum atomic E-state index is 0.557. The lowest BCUT2D eigenvalue weighted by molar-refractivity contribution is 0.482. The number of fused-ring (bicyclic) bond motifs is 1. The van der Waals surface area contributed by atoms with Crippen molar-refractivity contribution in [1.82, 2.24) is 0 Å². The summed E-state index contributed by atoms with van der Waals surface area (Å²) in [5.41, 5.74) is 8.21. The smallest absolute Gasteiger partial charge is 0.123 e. The molecule has 3 heteroatoms. The van der Waals surface area contributed by atoms with Crippen LogP contribution in [0.25, 0.3) is 10.8 Å². The molecule has 3 aromatic rings. The number of rotatable bonds is 4. The van der Waals surface area contributed by atoms with Gasteiger partial charge in [0.05, 0.1) is 6.54 Å². The molecule has 0 atom stereocenters. The monoisotopic (exact) mass is 280 g/mol. The summed E-state index contributed by atoms with van der Waals surface area (Å²) in [4.78, 5) is 2.21. The van der Waals surface area contributed by atoms with Crippen molar-refractivity contribution in [3.8, 4) is 0 Å². The van der Waals surface area contributed by atoms with Gasteiger partial charge < -0.3 is 15.1 Å². The maximum atomic E-state index is 5.84. The van der Waals surface area contributed by atoms with Crippen molar-refractivity contribution in [3.63, 3.8) is 0 Å². The van der Waals surface area contributed by atoms with Crippen LogP contribution < -0.4 is 10.6 Å². The fourth-order valence-corrected chi connectivity index (χ4v) is 2.75. The van der Waals surface area contributed by atoms with Gasteiger partial charge in [-0.3, -0.25) is 0 Å². The molecule has 1 aromatic heterocycles. The second-order valence-electron chi connectivity index (χ2n) is 5.36. The normalized spacial score (nSPS) is 11.0. The Balaban J connectivity index is 2.00. The molecule has 0 aliphatic rings. The summed E-state index contributed by atoms with van der Waals surface area (Å²) in [6.45, 7) is 3.27. The quantitative estimate of drug-likeness (QED) is 0.789. The van der Waals surface area contributed by atoms with Crippen LogP contribution >= 0.6 is 0 Å². The molecule has 0 radical (unpaired) electrons. The van der Waals surface area contributed by atoms with Gasteiger partial charge in [-0.15, -0.1) is 0 Å². The van der Waals surface area contributed by atoms with Crippen LogP contribution in [0.15, 0.2) is 52.9 Å². The summed E-state index contributed by atoms with van der Waals surface area (Å²) >= 11 is 0. The fraction of sp³-hybridized carbons (Fsp3) is 0.222. The number of nitrogens with zero attached hydrogens (tertiary/aromatic N) is 1. The Bertz CT molecular complexity index is 761. The zero-order valence-electron chi connectivity index (χ0n) is 12.5. The van der Waals surface area contributed by atoms with Crippen molar-refractivity contribution in [2.75, 3.05) is 11.9 Å². The molecule has 3 nitrogen and oxygen atoms in total. The predicted octanol–water partition coefficient (Wildman–Crippen LogP) is 3.84. The molecule has 0 saturated heterocycles. The lowest BCUT2D eigenvalue weighted by Gasteiger charge is -2.21. The van der Waals surface area contributed by atoms with E-state index in [4.69, 9.17) is 10.2 Å². The second-order valence-corrected chi connectivity index (χ2v) is 5.36. The van der Waals surface area contributed by atoms with E-state index in [9.17, 15) is 0 Å². The zero-order valence-corrected chi connectivity index (χ0v) is 12.5. The molecule has 0 unspecified atom stereocenters. The van der Waals surface area contributed by atoms with Gasteiger partial charge in [0.15, 0.2) is 0 Å². The van der Waals surface area contributed by atoms with Crippen LogP contribution in [-0.4, -0.2) is 7.05 Å². The number of furan rings is 1. The van der Waals surface area contributed by atoms with E-state index < -0.39 is 0 Å². The van der Waals surface area contributed by atoms with Gasteiger partial charge in [-0.05, 0) is 36.1 Å². The Morgan fingerprint density at radius 1 is 1.00 bits per heavy atom. The largest absolute Gasteiger partial charge is 0.464 e. The highest BCUT2D eigenvalue weighted by atomic mass is 16.3. The van der Waals surface area contributed by atoms with Crippen LogP contribution in [-0.2, 0) is 13.1 Å². The third-order valence-corrected chi connectivity index (χ3v) is 3.81. The average Bonchev–Trinajstić information content (AvgIpc) is 2.91. The van der Waals surface area contributed by atoms with Crippen molar-refractivity contribution in [1.29, 1.82) is 0 Å². The van der Waals surface area contributed by atoms with Crippen LogP contribution in [0.1, 0.15) is 17.1 Å². The summed E-state index contributed by atoms with van der Waals surface area (Å²) in [6.07, 6.45) is 0. The first-order chi connectivity index (χ1) is 10.2. The summed E-state index contributed by atoms with van der Waals surface area (Å²) in [7, 11) is 2.09. The molecule has 108 valence electrons. The summed E-state index contributed by atoms with van der Waals surface area (Å²) < 4.78 is 5.67. The third-order valence-electron chi connectivity index (χ3n) is 3.81. The molecular weight excluding hydrogens is 260 g/mol. The first-order valence-electron chi connectivity index (χ1n) is 7.16. The predicted molar refractivity (Wildman–Crippen MR) is 87.4 cm³/mol. The Kier molecular flexibility index (Phi) is 3.67. The summed E-state index contributed by atoms with van der Waals surface area (Å²) in [5, 5.41) is 2.45. The molecule has 0 bridgehead atoms. The molecule has 0 aliphatic carbocycles. The molecule has 0 spiro atoms. The lowest BCUT2D eigenvalue weighted by atomic mass is 10.0. The molecule has 2 aromatic carbocycles. The molecule has 1 heterocycles. The topological polar surface area (TPSA) is 42.4 Å². The first kappa shape index (κ1) is 13.7. The van der Waals surface area contributed by atoms with E-state index in [1.165, 1.54) is 22.0 Å². The second kappa shape index (κ2) is 5.62. The van der Waals surface area contributed by atoms with Crippen LogP contribution in [0, 0.1) is 6.92 Å². The van der Waals surface area contributed by atoms with E-state index in [0.29, 0.717) is 6.54 Å². The highest BCUT2D eigenvalue weighted by Crippen LogP contribution is 2.29. The number of benzene rings is 2. The Labute approximate surface area is 125 Å². The van der Waals surface area contributed by atoms with E-state index in [0.717, 1.165) is 18.1 Å². The molecular formula is C18H20N2O. The van der Waals surface area contributed by atoms with Crippen molar-refractivity contribution in [2.24, 2.45) is 5.73 Å². The molecule has 0 aliphatic heterocycles. The zero-order chi connectivity index (χ0) is 14.8. The van der Waals surface area contributed by atoms with E-state index in [1.54, 1.807) is 0 Å². The number of hydrogen-bond acceptors (Lipinski definition) is 3. The van der Waals surface area contributed by atoms with E-state index in [2.05, 4.69) is 48.3 Å². The van der Waals surface area contributed by atoms with Crippen molar-refractivity contribution in [3.05, 3.63) is 65.6 Å². The highest BCUT2D eigenvalue weighted by molar-refractivity contribution is 5.96. The van der Waals surface area contributed by atoms with Gasteiger partial charge in [-0.2, -0.15) is 0 Å². The van der Waals surface area contributed by atoms with Gasteiger partial charge in [0, 0.05) is 24.7 Å². The molecule has 3 rings (SSSR count). The number of hydrogen-bond donors (Lipinski definition) is 1. The molecule has 0 fully saturated rings. The minimum absolute atomic E-state index is 0.557. The Morgan fingerprint density at radius 3 is 2.43 bits per heavy atom. The maximum Gasteiger partial charge on any atom is 0.123 e. The molecule has 0 amide bonds. The standard InChI is InChI=1S/C18H20N2O/c1-13-7-9-15(21-13)12-20(2)18-10-8-14(11-19)16-5-3-4-6-17(16)18/h3-10H,11-12,19H2,1-2H3. The number of anilines is 1. The highest BCUT2D eigenvalue weighted by Gasteiger charge is 2.10. The molecule has 21 heavy (non-hydrogen) atoms. The number of nitrogens with two attached hydrogens (primary N) is 1. The average molecular weight is 280 g/mol. The van der Waals surface area contributed by atoms with Gasteiger partial charge >= 0.3 is 0 Å². The fourth-order valence-electron chi connectivity index (χ4n) is 2.75. The van der Waals surface area contributed by atoms with Crippen molar-refractivity contribution >= 4 is 16.5 Å². The third kappa shape index (κ3) is 2.65. The van der Waals surface area contributed by atoms with Gasteiger partial charge in [0.2, 0.25) is 0 Å². The lowest BCUT2D eigenvalue weighted by Crippen LogP contribution is -2.16. The molecule has 2 N–H and O–H groups in total. The van der Waals surface area contributed by atoms with Gasteiger partial charge in [0.25, 0.3) is 0 Å². The van der Waals surface area contributed by atoms with Crippen molar-refractivity contribution < 1.29 is 4.42 Å². The first-order valence-corrected chi connectivity index (χ1v) is 7.16. The Morgan fingerprint density at radius 2 is 1.76 bits per heavy atom. The summed E-state index contributed by atoms with van der Waals surface area (Å²) in [5.74, 6) is 1.92. The van der Waals surface area contributed by atoms with Crippen LogP contribution in [0.5, 0.6) is 0 Å². The minimum Gasteiger partial charge on any atom is -0.464 e. The Hall–Kier alpha value is -2.26. The van der Waals surface area contributed by atoms with Gasteiger partial charge in [-0.1, -0.05) is 30.3 Å². The van der Waals surface area contributed by atoms with Gasteiger partial charge in [-0.25, -0.2) is 0 Å². The van der Waals surface area contributed by atoms with Gasteiger partial charge in [0.1, 0.15) is 11.5 Å². The van der Waals surface area contributed by atoms with Crippen LogP contribution in [0.4, 0.5) is 5.69 Å². The van der Waals surface area contributed by atoms with Crippen LogP contribution in [0.2, 0.25) is 0 Å². The van der Waals surface area contributed by atoms with E-state index in [1.807, 2.05) is 19.1 Å². The van der Waals surface area contributed by atoms with E-state index in [-0.39, 0.29) is 0 Å². The van der Waals surface area contributed by atoms with E-state index >= 15 is 0 Å².